The molecule has 0 radical (unpaired) electrons. The van der Waals surface area contributed by atoms with Crippen molar-refractivity contribution >= 4 is 0 Å². The maximum absolute atomic E-state index is 9.34. The van der Waals surface area contributed by atoms with Crippen LogP contribution in [0.1, 0.15) is 46.0 Å². The van der Waals surface area contributed by atoms with Crippen molar-refractivity contribution in [3.05, 3.63) is 12.2 Å². The zero-order chi connectivity index (χ0) is 11.1. The van der Waals surface area contributed by atoms with Gasteiger partial charge in [0.2, 0.25) is 0 Å². The molecule has 0 aromatic carbocycles. The first-order valence-electron chi connectivity index (χ1n) is 6.38. The molecule has 0 saturated heterocycles. The van der Waals surface area contributed by atoms with Gasteiger partial charge in [0.15, 0.2) is 0 Å². The zero-order valence-electron chi connectivity index (χ0n) is 10.1. The minimum atomic E-state index is 0.347. The molecule has 0 heterocycles. The second kappa shape index (κ2) is 3.93. The van der Waals surface area contributed by atoms with Gasteiger partial charge >= 0.3 is 0 Å². The highest BCUT2D eigenvalue weighted by molar-refractivity contribution is 5.15. The highest BCUT2D eigenvalue weighted by Gasteiger charge is 2.50. The van der Waals surface area contributed by atoms with Gasteiger partial charge in [0.05, 0.1) is 0 Å². The van der Waals surface area contributed by atoms with Gasteiger partial charge in [-0.1, -0.05) is 26.0 Å². The summed E-state index contributed by atoms with van der Waals surface area (Å²) < 4.78 is 0. The lowest BCUT2D eigenvalue weighted by atomic mass is 9.61. The van der Waals surface area contributed by atoms with E-state index in [2.05, 4.69) is 20.4 Å². The van der Waals surface area contributed by atoms with Crippen molar-refractivity contribution in [1.29, 1.82) is 0 Å². The zero-order valence-corrected chi connectivity index (χ0v) is 10.1. The summed E-state index contributed by atoms with van der Waals surface area (Å²) in [4.78, 5) is 0. The van der Waals surface area contributed by atoms with E-state index in [1.54, 1.807) is 0 Å². The molecule has 2 rings (SSSR count). The van der Waals surface area contributed by atoms with E-state index in [1.807, 2.05) is 0 Å². The van der Waals surface area contributed by atoms with Gasteiger partial charge in [-0.05, 0) is 55.3 Å². The molecule has 2 aliphatic rings. The normalized spacial score (nSPS) is 42.7. The van der Waals surface area contributed by atoms with E-state index in [-0.39, 0.29) is 0 Å². The Hall–Kier alpha value is -0.300. The summed E-state index contributed by atoms with van der Waals surface area (Å²) in [7, 11) is 0. The van der Waals surface area contributed by atoms with Gasteiger partial charge in [0, 0.05) is 6.61 Å². The quantitative estimate of drug-likeness (QED) is 0.690. The van der Waals surface area contributed by atoms with E-state index in [0.29, 0.717) is 23.9 Å². The van der Waals surface area contributed by atoms with Crippen LogP contribution in [0.5, 0.6) is 0 Å². The Morgan fingerprint density at radius 3 is 2.93 bits per heavy atom. The number of rotatable bonds is 2. The number of aliphatic hydroxyl groups excluding tert-OH is 1. The van der Waals surface area contributed by atoms with Gasteiger partial charge in [-0.15, -0.1) is 0 Å². The molecule has 0 bridgehead atoms. The van der Waals surface area contributed by atoms with E-state index in [9.17, 15) is 5.11 Å². The molecule has 15 heavy (non-hydrogen) atoms. The van der Waals surface area contributed by atoms with Crippen LogP contribution in [0.2, 0.25) is 0 Å². The van der Waals surface area contributed by atoms with Crippen molar-refractivity contribution in [2.75, 3.05) is 6.61 Å². The van der Waals surface area contributed by atoms with Crippen LogP contribution in [0.3, 0.4) is 0 Å². The lowest BCUT2D eigenvalue weighted by Crippen LogP contribution is -2.36. The van der Waals surface area contributed by atoms with E-state index >= 15 is 0 Å². The summed E-state index contributed by atoms with van der Waals surface area (Å²) in [5.41, 5.74) is 1.92. The van der Waals surface area contributed by atoms with Crippen LogP contribution in [-0.2, 0) is 0 Å². The second-order valence-electron chi connectivity index (χ2n) is 5.91. The van der Waals surface area contributed by atoms with Crippen molar-refractivity contribution < 1.29 is 5.11 Å². The molecule has 1 heteroatoms. The molecule has 0 spiro atoms. The Kier molecular flexibility index (Phi) is 2.94. The van der Waals surface area contributed by atoms with Crippen LogP contribution in [-0.4, -0.2) is 11.7 Å². The Morgan fingerprint density at radius 1 is 1.53 bits per heavy atom. The van der Waals surface area contributed by atoms with Crippen molar-refractivity contribution in [3.63, 3.8) is 0 Å². The third-order valence-corrected chi connectivity index (χ3v) is 5.09. The topological polar surface area (TPSA) is 20.2 Å². The van der Waals surface area contributed by atoms with Crippen molar-refractivity contribution in [3.8, 4) is 0 Å². The smallest absolute Gasteiger partial charge is 0.0459 e. The monoisotopic (exact) mass is 208 g/mol. The van der Waals surface area contributed by atoms with Crippen molar-refractivity contribution in [2.24, 2.45) is 23.2 Å². The standard InChI is InChI=1S/C14H24O/c1-10-5-4-8-14(3)12(10)6-7-13(14)11(2)9-15/h11-13,15H,1,4-9H2,2-3H3/t11-,12-,13+,14-/m0/s1. The van der Waals surface area contributed by atoms with Gasteiger partial charge < -0.3 is 5.11 Å². The first-order chi connectivity index (χ1) is 7.09. The highest BCUT2D eigenvalue weighted by atomic mass is 16.3. The molecule has 4 atom stereocenters. The summed E-state index contributed by atoms with van der Waals surface area (Å²) in [6.07, 6.45) is 6.49. The fourth-order valence-electron chi connectivity index (χ4n) is 4.23. The van der Waals surface area contributed by atoms with Crippen LogP contribution in [0.15, 0.2) is 12.2 Å². The van der Waals surface area contributed by atoms with Gasteiger partial charge in [-0.25, -0.2) is 0 Å². The molecular weight excluding hydrogens is 184 g/mol. The summed E-state index contributed by atoms with van der Waals surface area (Å²) in [5, 5.41) is 9.34. The van der Waals surface area contributed by atoms with E-state index < -0.39 is 0 Å². The average Bonchev–Trinajstić information content (AvgIpc) is 2.56. The lowest BCUT2D eigenvalue weighted by molar-refractivity contribution is 0.0692. The summed E-state index contributed by atoms with van der Waals surface area (Å²) in [6.45, 7) is 9.25. The number of aliphatic hydroxyl groups is 1. The number of allylic oxidation sites excluding steroid dienone is 1. The molecule has 2 aliphatic carbocycles. The Labute approximate surface area is 93.6 Å². The van der Waals surface area contributed by atoms with Gasteiger partial charge in [0.25, 0.3) is 0 Å². The van der Waals surface area contributed by atoms with E-state index in [0.717, 1.165) is 5.92 Å². The molecule has 1 nitrogen and oxygen atoms in total. The largest absolute Gasteiger partial charge is 0.396 e. The van der Waals surface area contributed by atoms with Crippen LogP contribution in [0, 0.1) is 23.2 Å². The molecule has 0 aliphatic heterocycles. The SMILES string of the molecule is C=C1CCC[C@]2(C)[C@@H]([C@@H](C)CO)CC[C@@H]12. The third kappa shape index (κ3) is 1.65. The van der Waals surface area contributed by atoms with Gasteiger partial charge in [-0.3, -0.25) is 0 Å². The molecule has 86 valence electrons. The van der Waals surface area contributed by atoms with Gasteiger partial charge in [-0.2, -0.15) is 0 Å². The summed E-state index contributed by atoms with van der Waals surface area (Å²) in [6, 6.07) is 0. The predicted octanol–water partition coefficient (Wildman–Crippen LogP) is 3.39. The maximum atomic E-state index is 9.34. The lowest BCUT2D eigenvalue weighted by Gasteiger charge is -2.43. The predicted molar refractivity (Wildman–Crippen MR) is 63.6 cm³/mol. The number of hydrogen-bond acceptors (Lipinski definition) is 1. The third-order valence-electron chi connectivity index (χ3n) is 5.09. The van der Waals surface area contributed by atoms with Crippen LogP contribution < -0.4 is 0 Å². The second-order valence-corrected chi connectivity index (χ2v) is 5.91. The first kappa shape index (κ1) is 11.2. The molecular formula is C14H24O. The minimum Gasteiger partial charge on any atom is -0.396 e. The summed E-state index contributed by atoms with van der Waals surface area (Å²) in [5.74, 6) is 1.92. The number of fused-ring (bicyclic) bond motifs is 1. The van der Waals surface area contributed by atoms with E-state index in [1.165, 1.54) is 37.7 Å². The molecule has 0 aromatic heterocycles. The Balaban J connectivity index is 2.21. The Bertz CT molecular complexity index is 258. The van der Waals surface area contributed by atoms with Crippen LogP contribution in [0.4, 0.5) is 0 Å². The van der Waals surface area contributed by atoms with Crippen molar-refractivity contribution in [1.82, 2.24) is 0 Å². The molecule has 2 saturated carbocycles. The van der Waals surface area contributed by atoms with Gasteiger partial charge in [0.1, 0.15) is 0 Å². The maximum Gasteiger partial charge on any atom is 0.0459 e. The minimum absolute atomic E-state index is 0.347. The molecule has 2 fully saturated rings. The molecule has 0 amide bonds. The molecule has 0 aromatic rings. The van der Waals surface area contributed by atoms with E-state index in [4.69, 9.17) is 0 Å². The fraction of sp³-hybridized carbons (Fsp3) is 0.857. The highest BCUT2D eigenvalue weighted by Crippen LogP contribution is 2.58. The molecule has 1 N–H and O–H groups in total. The van der Waals surface area contributed by atoms with Crippen LogP contribution >= 0.6 is 0 Å². The van der Waals surface area contributed by atoms with Crippen molar-refractivity contribution in [2.45, 2.75) is 46.0 Å². The number of hydrogen-bond donors (Lipinski definition) is 1. The first-order valence-corrected chi connectivity index (χ1v) is 6.38. The average molecular weight is 208 g/mol. The fourth-order valence-corrected chi connectivity index (χ4v) is 4.23. The Morgan fingerprint density at radius 2 is 2.27 bits per heavy atom. The van der Waals surface area contributed by atoms with Crippen LogP contribution in [0.25, 0.3) is 0 Å². The molecule has 0 unspecified atom stereocenters. The summed E-state index contributed by atoms with van der Waals surface area (Å²) >= 11 is 0.